The van der Waals surface area contributed by atoms with E-state index in [1.807, 2.05) is 0 Å². The third-order valence-electron chi connectivity index (χ3n) is 7.35. The monoisotopic (exact) mass is 750 g/mol. The van der Waals surface area contributed by atoms with Gasteiger partial charge in [0.05, 0.1) is 0 Å². The van der Waals surface area contributed by atoms with Gasteiger partial charge in [-0.2, -0.15) is 0 Å². The van der Waals surface area contributed by atoms with E-state index < -0.39 is 0 Å². The quantitative estimate of drug-likeness (QED) is 0.276. The topological polar surface area (TPSA) is 0 Å². The van der Waals surface area contributed by atoms with Gasteiger partial charge in [-0.05, 0) is 0 Å². The Hall–Kier alpha value is 0.0192. The standard InChI is InChI=1S/C36H58Te2/c1-31(2,3)23-19-25(33(7,8)9)29(26(20-23)34(10,11)12)37-38-30-27(35(13,14)15)21-24(32(4,5)6)22-28(30)36(16,17)18/h19-22H,1-18H3. The first-order chi connectivity index (χ1) is 16.6. The second-order valence-electron chi connectivity index (χ2n) is 17.5. The summed E-state index contributed by atoms with van der Waals surface area (Å²) in [5.74, 6) is 0. The first kappa shape index (κ1) is 34.2. The van der Waals surface area contributed by atoms with Gasteiger partial charge in [-0.15, -0.1) is 0 Å². The van der Waals surface area contributed by atoms with Crippen LogP contribution in [0.4, 0.5) is 0 Å². The van der Waals surface area contributed by atoms with Crippen molar-refractivity contribution in [2.45, 2.75) is 157 Å². The average molecular weight is 746 g/mol. The van der Waals surface area contributed by atoms with E-state index in [0.717, 1.165) is 0 Å². The Kier molecular flexibility index (Phi) is 9.92. The van der Waals surface area contributed by atoms with Gasteiger partial charge in [-0.3, -0.25) is 0 Å². The molecule has 0 saturated carbocycles. The van der Waals surface area contributed by atoms with Crippen LogP contribution in [0.1, 0.15) is 158 Å². The van der Waals surface area contributed by atoms with E-state index in [1.54, 1.807) is 29.5 Å². The van der Waals surface area contributed by atoms with Crippen LogP contribution in [0.2, 0.25) is 0 Å². The molecular weight excluding hydrogens is 688 g/mol. The van der Waals surface area contributed by atoms with Crippen LogP contribution >= 0.6 is 0 Å². The summed E-state index contributed by atoms with van der Waals surface area (Å²) in [5, 5.41) is 0. The maximum absolute atomic E-state index is 2.58. The Labute approximate surface area is 254 Å². The summed E-state index contributed by atoms with van der Waals surface area (Å²) in [7, 11) is 0. The molecule has 0 aromatic heterocycles. The predicted octanol–water partition coefficient (Wildman–Crippen LogP) is 8.75. The van der Waals surface area contributed by atoms with Crippen molar-refractivity contribution in [3.63, 3.8) is 0 Å². The molecule has 0 aliphatic carbocycles. The summed E-state index contributed by atoms with van der Waals surface area (Å²) >= 11 is -0.711. The number of hydrogen-bond donors (Lipinski definition) is 0. The number of hydrogen-bond acceptors (Lipinski definition) is 0. The fraction of sp³-hybridized carbons (Fsp3) is 0.667. The molecular formula is C36H58Te2. The van der Waals surface area contributed by atoms with Gasteiger partial charge in [-0.25, -0.2) is 0 Å². The summed E-state index contributed by atoms with van der Waals surface area (Å²) < 4.78 is 3.51. The molecule has 0 aliphatic rings. The van der Waals surface area contributed by atoms with Crippen molar-refractivity contribution in [2.24, 2.45) is 0 Å². The molecule has 0 fully saturated rings. The molecule has 0 atom stereocenters. The fourth-order valence-corrected chi connectivity index (χ4v) is 20.4. The summed E-state index contributed by atoms with van der Waals surface area (Å²) in [6.07, 6.45) is 0. The molecule has 0 spiro atoms. The molecule has 0 bridgehead atoms. The zero-order valence-corrected chi connectivity index (χ0v) is 32.8. The van der Waals surface area contributed by atoms with Crippen molar-refractivity contribution in [1.29, 1.82) is 0 Å². The molecule has 2 heteroatoms. The Morgan fingerprint density at radius 1 is 0.316 bits per heavy atom. The van der Waals surface area contributed by atoms with Crippen LogP contribution in [0.15, 0.2) is 24.3 Å². The molecule has 2 aromatic rings. The van der Waals surface area contributed by atoms with Crippen molar-refractivity contribution >= 4 is 41.3 Å². The van der Waals surface area contributed by atoms with Crippen LogP contribution in [0.3, 0.4) is 0 Å². The molecule has 0 aliphatic heterocycles. The average Bonchev–Trinajstić information content (AvgIpc) is 2.66. The van der Waals surface area contributed by atoms with E-state index in [-0.39, 0.29) is 66.6 Å². The van der Waals surface area contributed by atoms with E-state index in [1.165, 1.54) is 11.1 Å². The molecule has 0 N–H and O–H groups in total. The second kappa shape index (κ2) is 11.0. The third-order valence-corrected chi connectivity index (χ3v) is 19.0. The van der Waals surface area contributed by atoms with Gasteiger partial charge >= 0.3 is 256 Å². The van der Waals surface area contributed by atoms with Crippen LogP contribution in [0.5, 0.6) is 0 Å². The number of rotatable bonds is 3. The molecule has 38 heavy (non-hydrogen) atoms. The van der Waals surface area contributed by atoms with E-state index >= 15 is 0 Å². The molecule has 0 unspecified atom stereocenters. The van der Waals surface area contributed by atoms with Crippen LogP contribution in [0.25, 0.3) is 0 Å². The molecule has 2 rings (SSSR count). The van der Waals surface area contributed by atoms with E-state index in [4.69, 9.17) is 0 Å². The first-order valence-corrected chi connectivity index (χ1v) is 24.0. The van der Waals surface area contributed by atoms with Crippen LogP contribution in [0, 0.1) is 0 Å². The van der Waals surface area contributed by atoms with Crippen LogP contribution < -0.4 is 7.22 Å². The maximum atomic E-state index is 2.58. The van der Waals surface area contributed by atoms with E-state index in [2.05, 4.69) is 149 Å². The molecule has 0 saturated heterocycles. The predicted molar refractivity (Wildman–Crippen MR) is 176 cm³/mol. The molecule has 2 aromatic carbocycles. The van der Waals surface area contributed by atoms with Crippen molar-refractivity contribution in [2.75, 3.05) is 0 Å². The van der Waals surface area contributed by atoms with E-state index in [0.29, 0.717) is 0 Å². The summed E-state index contributed by atoms with van der Waals surface area (Å²) in [6, 6.07) is 10.3. The normalized spacial score (nSPS) is 14.3. The summed E-state index contributed by atoms with van der Waals surface area (Å²) in [5.41, 5.74) is 10.3. The molecule has 0 nitrogen and oxygen atoms in total. The Morgan fingerprint density at radius 2 is 0.500 bits per heavy atom. The van der Waals surface area contributed by atoms with Gasteiger partial charge in [0, 0.05) is 0 Å². The summed E-state index contributed by atoms with van der Waals surface area (Å²) in [4.78, 5) is 0. The zero-order valence-electron chi connectivity index (χ0n) is 28.1. The van der Waals surface area contributed by atoms with Crippen molar-refractivity contribution in [3.8, 4) is 0 Å². The second-order valence-corrected chi connectivity index (χ2v) is 27.1. The van der Waals surface area contributed by atoms with Gasteiger partial charge in [0.1, 0.15) is 0 Å². The van der Waals surface area contributed by atoms with Gasteiger partial charge in [0.25, 0.3) is 0 Å². The van der Waals surface area contributed by atoms with Crippen molar-refractivity contribution in [1.82, 2.24) is 0 Å². The van der Waals surface area contributed by atoms with E-state index in [9.17, 15) is 0 Å². The van der Waals surface area contributed by atoms with Gasteiger partial charge in [0.2, 0.25) is 0 Å². The first-order valence-electron chi connectivity index (χ1n) is 14.4. The summed E-state index contributed by atoms with van der Waals surface area (Å²) in [6.45, 7) is 43.4. The molecule has 214 valence electrons. The van der Waals surface area contributed by atoms with Gasteiger partial charge in [-0.1, -0.05) is 0 Å². The third kappa shape index (κ3) is 8.28. The Bertz CT molecular complexity index is 975. The van der Waals surface area contributed by atoms with Crippen LogP contribution in [-0.4, -0.2) is 34.1 Å². The molecule has 0 amide bonds. The Balaban J connectivity index is 2.90. The zero-order chi connectivity index (χ0) is 29.9. The Morgan fingerprint density at radius 3 is 0.632 bits per heavy atom. The SMILES string of the molecule is CC(C)(C)c1cc(C(C)(C)C)c([Te][Te]c2c(C(C)(C)C)cc(C(C)(C)C)cc2C(C)(C)C)c(C(C)(C)C)c1. The molecule has 0 heterocycles. The minimum absolute atomic E-state index is 0.143. The van der Waals surface area contributed by atoms with Gasteiger partial charge in [0.15, 0.2) is 0 Å². The van der Waals surface area contributed by atoms with Crippen LogP contribution in [-0.2, 0) is 32.5 Å². The van der Waals surface area contributed by atoms with Crippen molar-refractivity contribution < 1.29 is 0 Å². The molecule has 0 radical (unpaired) electrons. The minimum atomic E-state index is -0.355. The number of benzene rings is 2. The van der Waals surface area contributed by atoms with Gasteiger partial charge < -0.3 is 0 Å². The fourth-order valence-electron chi connectivity index (χ4n) is 4.62. The van der Waals surface area contributed by atoms with Crippen molar-refractivity contribution in [3.05, 3.63) is 57.6 Å².